The number of carbonyl (C=O) groups is 1. The van der Waals surface area contributed by atoms with Gasteiger partial charge in [-0.1, -0.05) is 22.8 Å². The third kappa shape index (κ3) is 4.46. The summed E-state index contributed by atoms with van der Waals surface area (Å²) in [7, 11) is 0. The first-order valence-electron chi connectivity index (χ1n) is 7.85. The van der Waals surface area contributed by atoms with E-state index in [-0.39, 0.29) is 24.6 Å². The Morgan fingerprint density at radius 3 is 2.79 bits per heavy atom. The predicted molar refractivity (Wildman–Crippen MR) is 94.7 cm³/mol. The van der Waals surface area contributed by atoms with E-state index in [0.29, 0.717) is 22.7 Å². The first-order valence-corrected chi connectivity index (χ1v) is 8.23. The van der Waals surface area contributed by atoms with Gasteiger partial charge in [0.1, 0.15) is 5.82 Å². The molecule has 0 aliphatic heterocycles. The van der Waals surface area contributed by atoms with Gasteiger partial charge in [0.05, 0.1) is 11.0 Å². The molecule has 0 aliphatic rings. The third-order valence-electron chi connectivity index (χ3n) is 3.61. The molecule has 0 aliphatic carbocycles. The van der Waals surface area contributed by atoms with Crippen LogP contribution in [0.1, 0.15) is 12.2 Å². The highest BCUT2D eigenvalue weighted by molar-refractivity contribution is 6.30. The second-order valence-electron chi connectivity index (χ2n) is 5.61. The normalized spacial score (nSPS) is 10.7. The number of nitrogens with zero attached hydrogens (tertiary/aromatic N) is 3. The van der Waals surface area contributed by atoms with Crippen LogP contribution in [0.15, 0.2) is 40.9 Å². The Bertz CT molecular complexity index is 1060. The Kier molecular flexibility index (Phi) is 5.59. The van der Waals surface area contributed by atoms with Crippen LogP contribution in [-0.4, -0.2) is 21.0 Å². The van der Waals surface area contributed by atoms with Gasteiger partial charge in [-0.3, -0.25) is 14.9 Å². The van der Waals surface area contributed by atoms with Gasteiger partial charge < -0.3 is 9.84 Å². The molecule has 8 nitrogen and oxygen atoms in total. The van der Waals surface area contributed by atoms with Crippen molar-refractivity contribution in [3.63, 3.8) is 0 Å². The van der Waals surface area contributed by atoms with E-state index in [2.05, 4.69) is 15.5 Å². The molecule has 0 fully saturated rings. The maximum absolute atomic E-state index is 13.8. The lowest BCUT2D eigenvalue weighted by Crippen LogP contribution is -2.15. The van der Waals surface area contributed by atoms with Crippen LogP contribution in [0, 0.1) is 21.7 Å². The first-order chi connectivity index (χ1) is 13.3. The van der Waals surface area contributed by atoms with E-state index in [9.17, 15) is 23.7 Å². The Balaban J connectivity index is 1.67. The molecule has 1 aromatic heterocycles. The second-order valence-corrected chi connectivity index (χ2v) is 6.05. The maximum Gasteiger partial charge on any atom is 0.298 e. The summed E-state index contributed by atoms with van der Waals surface area (Å²) in [5.74, 6) is -2.69. The zero-order valence-electron chi connectivity index (χ0n) is 14.0. The average Bonchev–Trinajstić information content (AvgIpc) is 3.11. The van der Waals surface area contributed by atoms with Gasteiger partial charge in [0.15, 0.2) is 17.3 Å². The third-order valence-corrected chi connectivity index (χ3v) is 3.85. The number of rotatable bonds is 6. The lowest BCUT2D eigenvalue weighted by Gasteiger charge is -2.06. The molecule has 2 aromatic carbocycles. The van der Waals surface area contributed by atoms with E-state index in [1.165, 1.54) is 0 Å². The number of hydrogen-bond acceptors (Lipinski definition) is 6. The number of nitro groups is 1. The van der Waals surface area contributed by atoms with Crippen molar-refractivity contribution < 1.29 is 23.0 Å². The van der Waals surface area contributed by atoms with Crippen LogP contribution in [0.3, 0.4) is 0 Å². The lowest BCUT2D eigenvalue weighted by atomic mass is 10.2. The summed E-state index contributed by atoms with van der Waals surface area (Å²) < 4.78 is 32.1. The fourth-order valence-corrected chi connectivity index (χ4v) is 2.54. The Labute approximate surface area is 161 Å². The summed E-state index contributed by atoms with van der Waals surface area (Å²) >= 11 is 5.89. The summed E-state index contributed by atoms with van der Waals surface area (Å²) in [6, 6.07) is 7.70. The summed E-state index contributed by atoms with van der Waals surface area (Å²) in [5.41, 5.74) is -0.988. The minimum Gasteiger partial charge on any atom is -0.334 e. The number of nitrogens with one attached hydrogen (secondary N) is 1. The van der Waals surface area contributed by atoms with Crippen LogP contribution >= 0.6 is 11.6 Å². The van der Waals surface area contributed by atoms with Crippen LogP contribution in [-0.2, 0) is 11.2 Å². The number of anilines is 1. The molecule has 3 aromatic rings. The van der Waals surface area contributed by atoms with Crippen molar-refractivity contribution in [3.05, 3.63) is 69.0 Å². The van der Waals surface area contributed by atoms with Gasteiger partial charge in [-0.15, -0.1) is 0 Å². The van der Waals surface area contributed by atoms with Crippen molar-refractivity contribution in [2.24, 2.45) is 0 Å². The molecule has 11 heteroatoms. The highest BCUT2D eigenvalue weighted by atomic mass is 35.5. The van der Waals surface area contributed by atoms with Gasteiger partial charge in [-0.05, 0) is 18.2 Å². The smallest absolute Gasteiger partial charge is 0.298 e. The SMILES string of the molecule is O=C(CCc1noc(-c2cccc(Cl)c2)n1)Nc1c(F)cc(F)cc1[N+](=O)[O-]. The second kappa shape index (κ2) is 8.09. The van der Waals surface area contributed by atoms with E-state index >= 15 is 0 Å². The average molecular weight is 409 g/mol. The fraction of sp³-hybridized carbons (Fsp3) is 0.118. The van der Waals surface area contributed by atoms with Crippen molar-refractivity contribution in [3.8, 4) is 11.5 Å². The van der Waals surface area contributed by atoms with Gasteiger partial charge in [0.2, 0.25) is 5.91 Å². The minimum absolute atomic E-state index is 0.0342. The zero-order chi connectivity index (χ0) is 20.3. The van der Waals surface area contributed by atoms with E-state index < -0.39 is 33.8 Å². The van der Waals surface area contributed by atoms with E-state index in [0.717, 1.165) is 0 Å². The molecule has 1 N–H and O–H groups in total. The van der Waals surface area contributed by atoms with Crippen LogP contribution in [0.5, 0.6) is 0 Å². The molecule has 0 unspecified atom stereocenters. The van der Waals surface area contributed by atoms with Crippen LogP contribution in [0.25, 0.3) is 11.5 Å². The molecule has 1 amide bonds. The fourth-order valence-electron chi connectivity index (χ4n) is 2.35. The highest BCUT2D eigenvalue weighted by Crippen LogP contribution is 2.29. The summed E-state index contributed by atoms with van der Waals surface area (Å²) in [4.78, 5) is 26.1. The monoisotopic (exact) mass is 408 g/mol. The molecule has 0 spiro atoms. The minimum atomic E-state index is -1.25. The van der Waals surface area contributed by atoms with Crippen LogP contribution < -0.4 is 5.32 Å². The van der Waals surface area contributed by atoms with E-state index in [4.69, 9.17) is 16.1 Å². The predicted octanol–water partition coefficient (Wildman–Crippen LogP) is 4.15. The molecule has 0 bridgehead atoms. The van der Waals surface area contributed by atoms with Crippen molar-refractivity contribution in [1.29, 1.82) is 0 Å². The van der Waals surface area contributed by atoms with Crippen molar-refractivity contribution in [2.45, 2.75) is 12.8 Å². The molecular weight excluding hydrogens is 398 g/mol. The molecule has 144 valence electrons. The first kappa shape index (κ1) is 19.4. The number of benzene rings is 2. The number of hydrogen-bond donors (Lipinski definition) is 1. The van der Waals surface area contributed by atoms with Gasteiger partial charge in [-0.25, -0.2) is 8.78 Å². The standard InChI is InChI=1S/C17H11ClF2N4O4/c18-10-3-1-2-9(6-10)17-21-14(23-28-17)4-5-15(25)22-16-12(20)7-11(19)8-13(16)24(26)27/h1-3,6-8H,4-5H2,(H,22,25). The Morgan fingerprint density at radius 2 is 2.07 bits per heavy atom. The number of aromatic nitrogens is 2. The number of amides is 1. The van der Waals surface area contributed by atoms with Crippen LogP contribution in [0.4, 0.5) is 20.2 Å². The molecule has 28 heavy (non-hydrogen) atoms. The summed E-state index contributed by atoms with van der Waals surface area (Å²) in [6.07, 6.45) is -0.172. The van der Waals surface area contributed by atoms with Gasteiger partial charge in [0.25, 0.3) is 11.6 Å². The molecule has 0 radical (unpaired) electrons. The molecular formula is C17H11ClF2N4O4. The number of halogens is 3. The van der Waals surface area contributed by atoms with Gasteiger partial charge >= 0.3 is 0 Å². The molecule has 1 heterocycles. The Hall–Kier alpha value is -3.40. The van der Waals surface area contributed by atoms with E-state index in [1.807, 2.05) is 0 Å². The van der Waals surface area contributed by atoms with Crippen molar-refractivity contribution in [2.75, 3.05) is 5.32 Å². The Morgan fingerprint density at radius 1 is 1.29 bits per heavy atom. The quantitative estimate of drug-likeness (QED) is 0.484. The molecule has 0 saturated heterocycles. The molecule has 0 saturated carbocycles. The van der Waals surface area contributed by atoms with Gasteiger partial charge in [0, 0.05) is 29.5 Å². The lowest BCUT2D eigenvalue weighted by molar-refractivity contribution is -0.384. The highest BCUT2D eigenvalue weighted by Gasteiger charge is 2.22. The number of nitro benzene ring substituents is 1. The maximum atomic E-state index is 13.8. The summed E-state index contributed by atoms with van der Waals surface area (Å²) in [6.45, 7) is 0. The largest absolute Gasteiger partial charge is 0.334 e. The van der Waals surface area contributed by atoms with Crippen molar-refractivity contribution in [1.82, 2.24) is 10.1 Å². The molecule has 0 atom stereocenters. The number of carbonyl (C=O) groups excluding carboxylic acids is 1. The van der Waals surface area contributed by atoms with Crippen LogP contribution in [0.2, 0.25) is 5.02 Å². The zero-order valence-corrected chi connectivity index (χ0v) is 14.7. The number of aryl methyl sites for hydroxylation is 1. The van der Waals surface area contributed by atoms with Crippen molar-refractivity contribution >= 4 is 28.9 Å². The molecule has 3 rings (SSSR count). The summed E-state index contributed by atoms with van der Waals surface area (Å²) in [5, 5.41) is 17.2. The van der Waals surface area contributed by atoms with Gasteiger partial charge in [-0.2, -0.15) is 4.98 Å². The topological polar surface area (TPSA) is 111 Å². The van der Waals surface area contributed by atoms with E-state index in [1.54, 1.807) is 24.3 Å².